The van der Waals surface area contributed by atoms with Crippen molar-refractivity contribution >= 4 is 18.2 Å². The van der Waals surface area contributed by atoms with Gasteiger partial charge >= 0.3 is 0 Å². The average molecular weight is 259 g/mol. The fraction of sp³-hybridized carbons (Fsp3) is 0.133. The lowest BCUT2D eigenvalue weighted by Crippen LogP contribution is -2.22. The molecule has 2 aromatic rings. The third-order valence-corrected chi connectivity index (χ3v) is 3.02. The topological polar surface area (TPSA) is 24.4 Å². The van der Waals surface area contributed by atoms with E-state index in [1.807, 2.05) is 18.2 Å². The van der Waals surface area contributed by atoms with Crippen LogP contribution in [0.4, 0.5) is 0 Å². The molecule has 0 saturated heterocycles. The van der Waals surface area contributed by atoms with Gasteiger partial charge in [-0.15, -0.1) is 12.4 Å². The van der Waals surface area contributed by atoms with Crippen LogP contribution in [0, 0.1) is 0 Å². The van der Waals surface area contributed by atoms with Crippen molar-refractivity contribution in [2.24, 2.45) is 4.99 Å². The van der Waals surface area contributed by atoms with Crippen LogP contribution in [0.25, 0.3) is 0 Å². The zero-order valence-corrected chi connectivity index (χ0v) is 10.8. The third-order valence-electron chi connectivity index (χ3n) is 3.02. The number of hydrogen-bond donors (Lipinski definition) is 1. The van der Waals surface area contributed by atoms with E-state index in [0.29, 0.717) is 0 Å². The zero-order valence-electron chi connectivity index (χ0n) is 9.97. The first-order chi connectivity index (χ1) is 8.43. The van der Waals surface area contributed by atoms with Crippen molar-refractivity contribution in [1.82, 2.24) is 5.32 Å². The Balaban J connectivity index is 0.00000120. The summed E-state index contributed by atoms with van der Waals surface area (Å²) in [4.78, 5) is 4.64. The van der Waals surface area contributed by atoms with Gasteiger partial charge in [0.05, 0.1) is 6.54 Å². The van der Waals surface area contributed by atoms with E-state index in [1.54, 1.807) is 0 Å². The van der Waals surface area contributed by atoms with Crippen molar-refractivity contribution in [1.29, 1.82) is 0 Å². The van der Waals surface area contributed by atoms with Gasteiger partial charge in [-0.2, -0.15) is 0 Å². The molecule has 0 spiro atoms. The third kappa shape index (κ3) is 2.54. The predicted octanol–water partition coefficient (Wildman–Crippen LogP) is 3.16. The van der Waals surface area contributed by atoms with Gasteiger partial charge in [-0.25, -0.2) is 0 Å². The molecule has 1 heterocycles. The summed E-state index contributed by atoms with van der Waals surface area (Å²) < 4.78 is 0. The maximum atomic E-state index is 4.64. The molecule has 0 radical (unpaired) electrons. The Morgan fingerprint density at radius 3 is 2.28 bits per heavy atom. The fourth-order valence-corrected chi connectivity index (χ4v) is 2.07. The molecule has 0 unspecified atom stereocenters. The number of halogens is 1. The maximum absolute atomic E-state index is 4.64. The van der Waals surface area contributed by atoms with E-state index in [9.17, 15) is 0 Å². The summed E-state index contributed by atoms with van der Waals surface area (Å²) in [7, 11) is 0. The molecule has 0 aromatic heterocycles. The van der Waals surface area contributed by atoms with Crippen molar-refractivity contribution in [2.75, 3.05) is 0 Å². The maximum Gasteiger partial charge on any atom is 0.128 e. The summed E-state index contributed by atoms with van der Waals surface area (Å²) in [5.41, 5.74) is 3.80. The van der Waals surface area contributed by atoms with Crippen LogP contribution in [-0.4, -0.2) is 5.84 Å². The Morgan fingerprint density at radius 1 is 0.833 bits per heavy atom. The fourth-order valence-electron chi connectivity index (χ4n) is 2.07. The molecule has 18 heavy (non-hydrogen) atoms. The Bertz CT molecular complexity index is 549. The van der Waals surface area contributed by atoms with Gasteiger partial charge in [0, 0.05) is 12.1 Å². The number of fused-ring (bicyclic) bond motifs is 1. The van der Waals surface area contributed by atoms with Crippen LogP contribution in [0.1, 0.15) is 16.7 Å². The first-order valence-electron chi connectivity index (χ1n) is 5.84. The zero-order chi connectivity index (χ0) is 11.5. The second-order valence-electron chi connectivity index (χ2n) is 4.15. The van der Waals surface area contributed by atoms with E-state index in [-0.39, 0.29) is 12.4 Å². The SMILES string of the molecule is Cl.c1ccc(C2=NCc3ccccc3CN2)cc1. The van der Waals surface area contributed by atoms with Gasteiger partial charge in [0.2, 0.25) is 0 Å². The van der Waals surface area contributed by atoms with Gasteiger partial charge in [-0.3, -0.25) is 4.99 Å². The number of aliphatic imine (C=N–C) groups is 1. The van der Waals surface area contributed by atoms with E-state index < -0.39 is 0 Å². The Labute approximate surface area is 113 Å². The van der Waals surface area contributed by atoms with Crippen molar-refractivity contribution in [2.45, 2.75) is 13.1 Å². The molecule has 0 saturated carbocycles. The predicted molar refractivity (Wildman–Crippen MR) is 77.2 cm³/mol. The van der Waals surface area contributed by atoms with E-state index in [2.05, 4.69) is 46.7 Å². The van der Waals surface area contributed by atoms with E-state index in [4.69, 9.17) is 0 Å². The van der Waals surface area contributed by atoms with Crippen molar-refractivity contribution in [3.05, 3.63) is 71.3 Å². The van der Waals surface area contributed by atoms with Crippen molar-refractivity contribution < 1.29 is 0 Å². The molecule has 0 aliphatic carbocycles. The van der Waals surface area contributed by atoms with Gasteiger partial charge in [-0.05, 0) is 11.1 Å². The molecular formula is C15H15ClN2. The Hall–Kier alpha value is -1.80. The first kappa shape index (κ1) is 12.7. The van der Waals surface area contributed by atoms with E-state index in [0.717, 1.165) is 24.5 Å². The molecule has 0 bridgehead atoms. The highest BCUT2D eigenvalue weighted by molar-refractivity contribution is 5.98. The van der Waals surface area contributed by atoms with Gasteiger partial charge in [0.1, 0.15) is 5.84 Å². The highest BCUT2D eigenvalue weighted by atomic mass is 35.5. The lowest BCUT2D eigenvalue weighted by atomic mass is 10.1. The molecule has 2 nitrogen and oxygen atoms in total. The summed E-state index contributed by atoms with van der Waals surface area (Å²) >= 11 is 0. The van der Waals surface area contributed by atoms with Gasteiger partial charge in [0.25, 0.3) is 0 Å². The number of nitrogens with zero attached hydrogens (tertiary/aromatic N) is 1. The Morgan fingerprint density at radius 2 is 1.50 bits per heavy atom. The van der Waals surface area contributed by atoms with Crippen LogP contribution in [0.5, 0.6) is 0 Å². The molecule has 0 amide bonds. The monoisotopic (exact) mass is 258 g/mol. The minimum Gasteiger partial charge on any atom is -0.366 e. The molecule has 3 heteroatoms. The van der Waals surface area contributed by atoms with E-state index in [1.165, 1.54) is 11.1 Å². The van der Waals surface area contributed by atoms with Crippen LogP contribution >= 0.6 is 12.4 Å². The summed E-state index contributed by atoms with van der Waals surface area (Å²) in [6.07, 6.45) is 0. The van der Waals surface area contributed by atoms with E-state index >= 15 is 0 Å². The molecule has 1 N–H and O–H groups in total. The average Bonchev–Trinajstić information content (AvgIpc) is 2.62. The quantitative estimate of drug-likeness (QED) is 0.835. The van der Waals surface area contributed by atoms with Crippen LogP contribution in [0.2, 0.25) is 0 Å². The van der Waals surface area contributed by atoms with Crippen LogP contribution in [-0.2, 0) is 13.1 Å². The summed E-state index contributed by atoms with van der Waals surface area (Å²) in [5, 5.41) is 3.40. The van der Waals surface area contributed by atoms with Crippen molar-refractivity contribution in [3.63, 3.8) is 0 Å². The minimum absolute atomic E-state index is 0. The summed E-state index contributed by atoms with van der Waals surface area (Å²) in [6, 6.07) is 18.7. The van der Waals surface area contributed by atoms with Crippen LogP contribution in [0.3, 0.4) is 0 Å². The lowest BCUT2D eigenvalue weighted by molar-refractivity contribution is 0.920. The lowest BCUT2D eigenvalue weighted by Gasteiger charge is -2.07. The van der Waals surface area contributed by atoms with Crippen LogP contribution < -0.4 is 5.32 Å². The smallest absolute Gasteiger partial charge is 0.128 e. The number of amidine groups is 1. The molecule has 0 fully saturated rings. The van der Waals surface area contributed by atoms with Crippen molar-refractivity contribution in [3.8, 4) is 0 Å². The second kappa shape index (κ2) is 5.69. The summed E-state index contributed by atoms with van der Waals surface area (Å²) in [6.45, 7) is 1.61. The molecule has 2 aromatic carbocycles. The van der Waals surface area contributed by atoms with Crippen LogP contribution in [0.15, 0.2) is 59.6 Å². The number of rotatable bonds is 1. The second-order valence-corrected chi connectivity index (χ2v) is 4.15. The highest BCUT2D eigenvalue weighted by Gasteiger charge is 2.09. The normalized spacial score (nSPS) is 13.4. The number of hydrogen-bond acceptors (Lipinski definition) is 2. The largest absolute Gasteiger partial charge is 0.366 e. The number of nitrogens with one attached hydrogen (secondary N) is 1. The van der Waals surface area contributed by atoms with Gasteiger partial charge < -0.3 is 5.32 Å². The molecular weight excluding hydrogens is 244 g/mol. The molecule has 1 aliphatic heterocycles. The van der Waals surface area contributed by atoms with Gasteiger partial charge in [-0.1, -0.05) is 54.6 Å². The number of benzene rings is 2. The minimum atomic E-state index is 0. The standard InChI is InChI=1S/C15H14N2.ClH/c1-2-6-12(7-3-1)15-16-10-13-8-4-5-9-14(13)11-17-15;/h1-9H,10-11H2,(H,16,17);1H. The Kier molecular flexibility index (Phi) is 4.00. The highest BCUT2D eigenvalue weighted by Crippen LogP contribution is 2.14. The summed E-state index contributed by atoms with van der Waals surface area (Å²) in [5.74, 6) is 0.988. The molecule has 0 atom stereocenters. The van der Waals surface area contributed by atoms with Gasteiger partial charge in [0.15, 0.2) is 0 Å². The molecule has 1 aliphatic rings. The first-order valence-corrected chi connectivity index (χ1v) is 5.84. The molecule has 3 rings (SSSR count). The molecule has 92 valence electrons.